The van der Waals surface area contributed by atoms with Crippen molar-refractivity contribution in [1.82, 2.24) is 5.32 Å². The van der Waals surface area contributed by atoms with Gasteiger partial charge < -0.3 is 20.1 Å². The summed E-state index contributed by atoms with van der Waals surface area (Å²) >= 11 is 5.29. The molecule has 0 saturated carbocycles. The Balaban J connectivity index is 1.95. The molecule has 0 aliphatic carbocycles. The normalized spacial score (nSPS) is 12.2. The largest absolute Gasteiger partial charge is 0.573 e. The highest BCUT2D eigenvalue weighted by molar-refractivity contribution is 7.80. The first-order chi connectivity index (χ1) is 12.3. The van der Waals surface area contributed by atoms with Crippen LogP contribution in [0.1, 0.15) is 24.9 Å². The molecular weight excluding hydrogens is 365 g/mol. The number of hydrogen-bond donors (Lipinski definition) is 2. The molecule has 0 spiro atoms. The molecule has 2 aromatic rings. The standard InChI is InChI=1S/C18H19F3N2O2S/c1-3-16(12-4-8-14(24-2)9-5-12)23-17(26)22-13-6-10-15(11-7-13)25-18(19,20)21/h4-11,16H,3H2,1-2H3,(H2,22,23,26)/t16-/m1/s1. The molecule has 8 heteroatoms. The average Bonchev–Trinajstić information content (AvgIpc) is 2.60. The van der Waals surface area contributed by atoms with Crippen molar-refractivity contribution in [2.24, 2.45) is 0 Å². The van der Waals surface area contributed by atoms with Crippen LogP contribution in [0.5, 0.6) is 11.5 Å². The van der Waals surface area contributed by atoms with Gasteiger partial charge >= 0.3 is 6.36 Å². The molecule has 1 atom stereocenters. The van der Waals surface area contributed by atoms with Gasteiger partial charge in [-0.15, -0.1) is 13.2 Å². The molecule has 2 N–H and O–H groups in total. The van der Waals surface area contributed by atoms with E-state index in [2.05, 4.69) is 15.4 Å². The Kier molecular flexibility index (Phi) is 6.68. The van der Waals surface area contributed by atoms with E-state index in [1.165, 1.54) is 24.3 Å². The minimum absolute atomic E-state index is 0.00579. The Morgan fingerprint density at radius 2 is 1.62 bits per heavy atom. The lowest BCUT2D eigenvalue weighted by Crippen LogP contribution is -2.32. The summed E-state index contributed by atoms with van der Waals surface area (Å²) in [7, 11) is 1.61. The molecule has 0 aliphatic rings. The summed E-state index contributed by atoms with van der Waals surface area (Å²) < 4.78 is 45.5. The number of nitrogens with one attached hydrogen (secondary N) is 2. The quantitative estimate of drug-likeness (QED) is 0.684. The van der Waals surface area contributed by atoms with E-state index >= 15 is 0 Å². The maximum absolute atomic E-state index is 12.2. The number of thiocarbonyl (C=S) groups is 1. The van der Waals surface area contributed by atoms with E-state index in [9.17, 15) is 13.2 Å². The van der Waals surface area contributed by atoms with Gasteiger partial charge in [0.05, 0.1) is 13.2 Å². The van der Waals surface area contributed by atoms with Gasteiger partial charge in [0.1, 0.15) is 11.5 Å². The van der Waals surface area contributed by atoms with Gasteiger partial charge in [0, 0.05) is 5.69 Å². The number of ether oxygens (including phenoxy) is 2. The zero-order chi connectivity index (χ0) is 19.2. The number of benzene rings is 2. The predicted molar refractivity (Wildman–Crippen MR) is 98.5 cm³/mol. The summed E-state index contributed by atoms with van der Waals surface area (Å²) in [6.07, 6.45) is -3.91. The van der Waals surface area contributed by atoms with Gasteiger partial charge in [-0.1, -0.05) is 19.1 Å². The summed E-state index contributed by atoms with van der Waals surface area (Å²) in [5, 5.41) is 6.51. The van der Waals surface area contributed by atoms with E-state index in [4.69, 9.17) is 17.0 Å². The molecule has 0 radical (unpaired) electrons. The number of alkyl halides is 3. The molecule has 0 unspecified atom stereocenters. The summed E-state index contributed by atoms with van der Waals surface area (Å²) in [5.41, 5.74) is 1.60. The van der Waals surface area contributed by atoms with Gasteiger partial charge in [0.15, 0.2) is 5.11 Å². The van der Waals surface area contributed by atoms with Crippen LogP contribution in [0, 0.1) is 0 Å². The molecule has 0 heterocycles. The van der Waals surface area contributed by atoms with E-state index in [0.29, 0.717) is 10.8 Å². The van der Waals surface area contributed by atoms with Crippen molar-refractivity contribution in [3.05, 3.63) is 54.1 Å². The molecule has 0 fully saturated rings. The topological polar surface area (TPSA) is 42.5 Å². The first kappa shape index (κ1) is 19.8. The van der Waals surface area contributed by atoms with E-state index < -0.39 is 6.36 Å². The Labute approximate surface area is 155 Å². The second-order valence-corrected chi connectivity index (χ2v) is 5.81. The molecule has 4 nitrogen and oxygen atoms in total. The lowest BCUT2D eigenvalue weighted by atomic mass is 10.0. The molecule has 0 bridgehead atoms. The summed E-state index contributed by atoms with van der Waals surface area (Å²) in [4.78, 5) is 0. The smallest absolute Gasteiger partial charge is 0.497 e. The number of rotatable bonds is 6. The van der Waals surface area contributed by atoms with Crippen molar-refractivity contribution in [2.45, 2.75) is 25.7 Å². The van der Waals surface area contributed by atoms with Gasteiger partial charge in [0.25, 0.3) is 0 Å². The van der Waals surface area contributed by atoms with Crippen LogP contribution in [0.4, 0.5) is 18.9 Å². The van der Waals surface area contributed by atoms with E-state index in [1.54, 1.807) is 7.11 Å². The van der Waals surface area contributed by atoms with Gasteiger partial charge in [-0.3, -0.25) is 0 Å². The lowest BCUT2D eigenvalue weighted by molar-refractivity contribution is -0.274. The van der Waals surface area contributed by atoms with Crippen molar-refractivity contribution in [3.8, 4) is 11.5 Å². The molecular formula is C18H19F3N2O2S. The Morgan fingerprint density at radius 3 is 2.12 bits per heavy atom. The Hall–Kier alpha value is -2.48. The SMILES string of the molecule is CC[C@@H](NC(=S)Nc1ccc(OC(F)(F)F)cc1)c1ccc(OC)cc1. The Bertz CT molecular complexity index is 719. The molecule has 0 amide bonds. The molecule has 0 aliphatic heterocycles. The zero-order valence-electron chi connectivity index (χ0n) is 14.3. The second kappa shape index (κ2) is 8.75. The number of hydrogen-bond acceptors (Lipinski definition) is 3. The van der Waals surface area contributed by atoms with Crippen LogP contribution in [-0.2, 0) is 0 Å². The minimum atomic E-state index is -4.71. The fourth-order valence-electron chi connectivity index (χ4n) is 2.32. The van der Waals surface area contributed by atoms with Crippen LogP contribution in [0.3, 0.4) is 0 Å². The third-order valence-corrected chi connectivity index (χ3v) is 3.80. The number of halogens is 3. The fraction of sp³-hybridized carbons (Fsp3) is 0.278. The van der Waals surface area contributed by atoms with E-state index in [1.807, 2.05) is 31.2 Å². The van der Waals surface area contributed by atoms with Crippen LogP contribution in [-0.4, -0.2) is 18.6 Å². The summed E-state index contributed by atoms with van der Waals surface area (Å²) in [5.74, 6) is 0.483. The second-order valence-electron chi connectivity index (χ2n) is 5.40. The first-order valence-electron chi connectivity index (χ1n) is 7.88. The van der Waals surface area contributed by atoms with Gasteiger partial charge in [-0.05, 0) is 60.6 Å². The van der Waals surface area contributed by atoms with Crippen LogP contribution in [0.15, 0.2) is 48.5 Å². The zero-order valence-corrected chi connectivity index (χ0v) is 15.1. The van der Waals surface area contributed by atoms with Crippen molar-refractivity contribution in [1.29, 1.82) is 0 Å². The number of anilines is 1. The maximum Gasteiger partial charge on any atom is 0.573 e. The summed E-state index contributed by atoms with van der Waals surface area (Å²) in [6.45, 7) is 2.02. The molecule has 0 aromatic heterocycles. The van der Waals surface area contributed by atoms with Gasteiger partial charge in [0.2, 0.25) is 0 Å². The molecule has 2 aromatic carbocycles. The highest BCUT2D eigenvalue weighted by atomic mass is 32.1. The highest BCUT2D eigenvalue weighted by Gasteiger charge is 2.30. The van der Waals surface area contributed by atoms with Crippen molar-refractivity contribution >= 4 is 23.0 Å². The first-order valence-corrected chi connectivity index (χ1v) is 8.29. The third-order valence-electron chi connectivity index (χ3n) is 3.58. The van der Waals surface area contributed by atoms with E-state index in [-0.39, 0.29) is 11.8 Å². The minimum Gasteiger partial charge on any atom is -0.497 e. The molecule has 0 saturated heterocycles. The van der Waals surface area contributed by atoms with Crippen LogP contribution < -0.4 is 20.1 Å². The fourth-order valence-corrected chi connectivity index (χ4v) is 2.58. The highest BCUT2D eigenvalue weighted by Crippen LogP contribution is 2.24. The van der Waals surface area contributed by atoms with Crippen molar-refractivity contribution in [3.63, 3.8) is 0 Å². The molecule has 26 heavy (non-hydrogen) atoms. The Morgan fingerprint density at radius 1 is 1.04 bits per heavy atom. The van der Waals surface area contributed by atoms with Gasteiger partial charge in [-0.25, -0.2) is 0 Å². The monoisotopic (exact) mass is 384 g/mol. The van der Waals surface area contributed by atoms with E-state index in [0.717, 1.165) is 17.7 Å². The molecule has 2 rings (SSSR count). The lowest BCUT2D eigenvalue weighted by Gasteiger charge is -2.20. The van der Waals surface area contributed by atoms with Crippen LogP contribution in [0.2, 0.25) is 0 Å². The molecule has 140 valence electrons. The van der Waals surface area contributed by atoms with Crippen LogP contribution in [0.25, 0.3) is 0 Å². The van der Waals surface area contributed by atoms with Gasteiger partial charge in [-0.2, -0.15) is 0 Å². The maximum atomic E-state index is 12.2. The third kappa shape index (κ3) is 6.11. The van der Waals surface area contributed by atoms with Crippen LogP contribution >= 0.6 is 12.2 Å². The van der Waals surface area contributed by atoms with Crippen molar-refractivity contribution in [2.75, 3.05) is 12.4 Å². The average molecular weight is 384 g/mol. The van der Waals surface area contributed by atoms with Crippen molar-refractivity contribution < 1.29 is 22.6 Å². The predicted octanol–water partition coefficient (Wildman–Crippen LogP) is 5.03. The summed E-state index contributed by atoms with van der Waals surface area (Å²) in [6, 6.07) is 13.0. The number of methoxy groups -OCH3 is 1.